The summed E-state index contributed by atoms with van der Waals surface area (Å²) >= 11 is 0. The number of ether oxygens (including phenoxy) is 1. The number of fused-ring (bicyclic) bond motifs is 3. The monoisotopic (exact) mass is 410 g/mol. The van der Waals surface area contributed by atoms with E-state index in [1.54, 1.807) is 18.0 Å². The fraction of sp³-hybridized carbons (Fsp3) is 0.455. The molecule has 8 nitrogen and oxygen atoms in total. The van der Waals surface area contributed by atoms with E-state index in [1.807, 2.05) is 25.1 Å². The van der Waals surface area contributed by atoms with Gasteiger partial charge in [0.1, 0.15) is 6.10 Å². The van der Waals surface area contributed by atoms with Crippen LogP contribution in [-0.4, -0.2) is 46.9 Å². The second-order valence-corrected chi connectivity index (χ2v) is 7.65. The second kappa shape index (κ2) is 8.30. The second-order valence-electron chi connectivity index (χ2n) is 7.65. The van der Waals surface area contributed by atoms with Crippen LogP contribution in [0.1, 0.15) is 49.0 Å². The maximum atomic E-state index is 12.4. The van der Waals surface area contributed by atoms with Crippen molar-refractivity contribution in [3.8, 4) is 11.3 Å². The Morgan fingerprint density at radius 2 is 2.00 bits per heavy atom. The summed E-state index contributed by atoms with van der Waals surface area (Å²) in [6, 6.07) is 5.86. The smallest absolute Gasteiger partial charge is 0.414 e. The Balaban J connectivity index is 1.60. The van der Waals surface area contributed by atoms with Gasteiger partial charge in [-0.3, -0.25) is 14.5 Å². The number of carbonyl (C=O) groups excluding carboxylic acids is 3. The van der Waals surface area contributed by atoms with Crippen LogP contribution >= 0.6 is 0 Å². The number of anilines is 1. The fourth-order valence-corrected chi connectivity index (χ4v) is 4.04. The zero-order valence-electron chi connectivity index (χ0n) is 17.3. The molecule has 1 N–H and O–H groups in total. The van der Waals surface area contributed by atoms with Crippen LogP contribution in [0.15, 0.2) is 24.4 Å². The molecule has 1 aliphatic carbocycles. The first-order valence-corrected chi connectivity index (χ1v) is 10.5. The van der Waals surface area contributed by atoms with Crippen molar-refractivity contribution in [2.24, 2.45) is 0 Å². The first-order valence-electron chi connectivity index (χ1n) is 10.5. The molecule has 0 unspecified atom stereocenters. The van der Waals surface area contributed by atoms with Gasteiger partial charge in [-0.1, -0.05) is 19.9 Å². The van der Waals surface area contributed by atoms with Crippen molar-refractivity contribution < 1.29 is 19.1 Å². The third-order valence-electron chi connectivity index (χ3n) is 5.65. The molecule has 2 aliphatic rings. The average Bonchev–Trinajstić information content (AvgIpc) is 3.29. The summed E-state index contributed by atoms with van der Waals surface area (Å²) in [4.78, 5) is 37.8. The molecular formula is C22H26N4O4. The molecule has 2 amide bonds. The summed E-state index contributed by atoms with van der Waals surface area (Å²) in [5.41, 5.74) is 4.79. The first kappa shape index (κ1) is 20.1. The SMILES string of the molecule is CCC(=O)NC[C@H]1CN(c2ccc3c(c2)CCCc2cnn(C(=O)CC)c2-3)C(=O)O1. The minimum atomic E-state index is -0.411. The summed E-state index contributed by atoms with van der Waals surface area (Å²) < 4.78 is 6.92. The van der Waals surface area contributed by atoms with E-state index in [4.69, 9.17) is 4.74 Å². The van der Waals surface area contributed by atoms with Crippen LogP contribution in [0.3, 0.4) is 0 Å². The molecule has 2 aromatic rings. The molecule has 0 spiro atoms. The van der Waals surface area contributed by atoms with Crippen LogP contribution in [0, 0.1) is 0 Å². The average molecular weight is 410 g/mol. The Morgan fingerprint density at radius 1 is 1.20 bits per heavy atom. The highest BCUT2D eigenvalue weighted by Crippen LogP contribution is 2.35. The molecule has 2 heterocycles. The summed E-state index contributed by atoms with van der Waals surface area (Å²) in [5.74, 6) is -0.100. The number of hydrogen-bond donors (Lipinski definition) is 1. The molecule has 1 aromatic heterocycles. The molecule has 1 fully saturated rings. The van der Waals surface area contributed by atoms with Crippen LogP contribution < -0.4 is 10.2 Å². The Morgan fingerprint density at radius 3 is 2.77 bits per heavy atom. The van der Waals surface area contributed by atoms with Crippen LogP contribution in [0.4, 0.5) is 10.5 Å². The van der Waals surface area contributed by atoms with E-state index < -0.39 is 6.09 Å². The maximum Gasteiger partial charge on any atom is 0.414 e. The summed E-state index contributed by atoms with van der Waals surface area (Å²) in [6.07, 6.45) is 4.46. The van der Waals surface area contributed by atoms with Crippen LogP contribution in [-0.2, 0) is 22.4 Å². The molecule has 4 rings (SSSR count). The van der Waals surface area contributed by atoms with Crippen LogP contribution in [0.25, 0.3) is 11.3 Å². The fourth-order valence-electron chi connectivity index (χ4n) is 4.04. The maximum absolute atomic E-state index is 12.4. The number of cyclic esters (lactones) is 1. The molecule has 30 heavy (non-hydrogen) atoms. The van der Waals surface area contributed by atoms with E-state index in [9.17, 15) is 14.4 Å². The summed E-state index contributed by atoms with van der Waals surface area (Å²) in [7, 11) is 0. The van der Waals surface area contributed by atoms with Gasteiger partial charge in [0.15, 0.2) is 0 Å². The van der Waals surface area contributed by atoms with Crippen molar-refractivity contribution >= 4 is 23.6 Å². The topological polar surface area (TPSA) is 93.5 Å². The standard InChI is InChI=1S/C22H26N4O4/c1-3-19(27)23-12-17-13-25(22(29)30-17)16-8-9-18-14(10-16)6-5-7-15-11-24-26(21(15)18)20(28)4-2/h8-11,17H,3-7,12-13H2,1-2H3,(H,23,27)/t17-/m0/s1. The Kier molecular flexibility index (Phi) is 5.57. The molecule has 8 heteroatoms. The van der Waals surface area contributed by atoms with E-state index in [1.165, 1.54) is 4.68 Å². The quantitative estimate of drug-likeness (QED) is 0.818. The Hall–Kier alpha value is -3.16. The lowest BCUT2D eigenvalue weighted by molar-refractivity contribution is -0.121. The Labute approximate surface area is 175 Å². The molecule has 1 aromatic carbocycles. The minimum absolute atomic E-state index is 0.0340. The lowest BCUT2D eigenvalue weighted by Crippen LogP contribution is -2.34. The third kappa shape index (κ3) is 3.69. The van der Waals surface area contributed by atoms with E-state index in [0.29, 0.717) is 25.9 Å². The predicted molar refractivity (Wildman–Crippen MR) is 112 cm³/mol. The van der Waals surface area contributed by atoms with Crippen molar-refractivity contribution in [1.29, 1.82) is 0 Å². The van der Waals surface area contributed by atoms with Crippen molar-refractivity contribution in [2.45, 2.75) is 52.1 Å². The number of rotatable bonds is 5. The van der Waals surface area contributed by atoms with Gasteiger partial charge in [-0.15, -0.1) is 0 Å². The molecule has 1 saturated heterocycles. The van der Waals surface area contributed by atoms with Crippen LogP contribution in [0.2, 0.25) is 0 Å². The molecule has 0 saturated carbocycles. The van der Waals surface area contributed by atoms with E-state index in [2.05, 4.69) is 10.4 Å². The minimum Gasteiger partial charge on any atom is -0.442 e. The van der Waals surface area contributed by atoms with Gasteiger partial charge in [0.2, 0.25) is 11.8 Å². The summed E-state index contributed by atoms with van der Waals surface area (Å²) in [5, 5.41) is 7.09. The van der Waals surface area contributed by atoms with Gasteiger partial charge < -0.3 is 10.1 Å². The lowest BCUT2D eigenvalue weighted by Gasteiger charge is -2.17. The number of benzene rings is 1. The number of aromatic nitrogens is 2. The van der Waals surface area contributed by atoms with Gasteiger partial charge in [-0.2, -0.15) is 9.78 Å². The van der Waals surface area contributed by atoms with Gasteiger partial charge in [0, 0.05) is 24.1 Å². The number of nitrogens with one attached hydrogen (secondary N) is 1. The van der Waals surface area contributed by atoms with Gasteiger partial charge in [-0.25, -0.2) is 4.79 Å². The van der Waals surface area contributed by atoms with E-state index in [-0.39, 0.29) is 17.9 Å². The van der Waals surface area contributed by atoms with Gasteiger partial charge >= 0.3 is 6.09 Å². The first-order chi connectivity index (χ1) is 14.5. The molecule has 0 bridgehead atoms. The highest BCUT2D eigenvalue weighted by atomic mass is 16.6. The van der Waals surface area contributed by atoms with Gasteiger partial charge in [0.05, 0.1) is 25.0 Å². The van der Waals surface area contributed by atoms with Crippen molar-refractivity contribution in [3.05, 3.63) is 35.5 Å². The normalized spacial score (nSPS) is 17.7. The Bertz CT molecular complexity index is 997. The number of hydrogen-bond acceptors (Lipinski definition) is 5. The molecular weight excluding hydrogens is 384 g/mol. The molecule has 1 atom stereocenters. The highest BCUT2D eigenvalue weighted by molar-refractivity contribution is 5.91. The van der Waals surface area contributed by atoms with Crippen LogP contribution in [0.5, 0.6) is 0 Å². The number of carbonyl (C=O) groups is 3. The van der Waals surface area contributed by atoms with E-state index in [0.717, 1.165) is 47.3 Å². The van der Waals surface area contributed by atoms with E-state index >= 15 is 0 Å². The van der Waals surface area contributed by atoms with Crippen molar-refractivity contribution in [1.82, 2.24) is 15.1 Å². The van der Waals surface area contributed by atoms with Crippen molar-refractivity contribution in [3.63, 3.8) is 0 Å². The van der Waals surface area contributed by atoms with Crippen molar-refractivity contribution in [2.75, 3.05) is 18.0 Å². The molecule has 0 radical (unpaired) electrons. The summed E-state index contributed by atoms with van der Waals surface area (Å²) in [6.45, 7) is 4.31. The van der Waals surface area contributed by atoms with Gasteiger partial charge in [-0.05, 0) is 42.5 Å². The zero-order chi connectivity index (χ0) is 21.3. The largest absolute Gasteiger partial charge is 0.442 e. The lowest BCUT2D eigenvalue weighted by atomic mass is 10.0. The number of amides is 2. The number of aryl methyl sites for hydroxylation is 2. The highest BCUT2D eigenvalue weighted by Gasteiger charge is 2.33. The van der Waals surface area contributed by atoms with Gasteiger partial charge in [0.25, 0.3) is 0 Å². The number of nitrogens with zero attached hydrogens (tertiary/aromatic N) is 3. The predicted octanol–water partition coefficient (Wildman–Crippen LogP) is 2.94. The molecule has 158 valence electrons. The molecule has 1 aliphatic heterocycles. The third-order valence-corrected chi connectivity index (χ3v) is 5.65. The zero-order valence-corrected chi connectivity index (χ0v) is 17.3.